The van der Waals surface area contributed by atoms with Crippen molar-refractivity contribution in [1.29, 1.82) is 0 Å². The zero-order valence-corrected chi connectivity index (χ0v) is 7.15. The molecule has 13 heavy (non-hydrogen) atoms. The van der Waals surface area contributed by atoms with E-state index >= 15 is 0 Å². The highest BCUT2D eigenvalue weighted by molar-refractivity contribution is 7.82. The molecule has 70 valence electrons. The van der Waals surface area contributed by atoms with Gasteiger partial charge in [-0.3, -0.25) is 0 Å². The lowest BCUT2D eigenvalue weighted by Crippen LogP contribution is -2.17. The summed E-state index contributed by atoms with van der Waals surface area (Å²) in [6, 6.07) is 0. The summed E-state index contributed by atoms with van der Waals surface area (Å²) in [6.45, 7) is 3.40. The molecule has 0 saturated heterocycles. The van der Waals surface area contributed by atoms with Crippen molar-refractivity contribution >= 4 is 10.4 Å². The normalized spacial score (nSPS) is 22.9. The van der Waals surface area contributed by atoms with Crippen molar-refractivity contribution in [2.75, 3.05) is 0 Å². The van der Waals surface area contributed by atoms with Crippen LogP contribution in [-0.2, 0) is 23.6 Å². The summed E-state index contributed by atoms with van der Waals surface area (Å²) in [4.78, 5) is 4.84. The summed E-state index contributed by atoms with van der Waals surface area (Å²) < 4.78 is 30.6. The SMILES string of the molecule is C=CN1OC=CC2=C1OS(=O)(=O)O2. The van der Waals surface area contributed by atoms with Gasteiger partial charge in [-0.1, -0.05) is 6.58 Å². The van der Waals surface area contributed by atoms with Gasteiger partial charge in [-0.25, -0.2) is 0 Å². The molecule has 6 nitrogen and oxygen atoms in total. The predicted octanol–water partition coefficient (Wildman–Crippen LogP) is 0.351. The highest BCUT2D eigenvalue weighted by Gasteiger charge is 2.35. The van der Waals surface area contributed by atoms with E-state index in [1.54, 1.807) is 0 Å². The van der Waals surface area contributed by atoms with Crippen molar-refractivity contribution in [2.24, 2.45) is 0 Å². The summed E-state index contributed by atoms with van der Waals surface area (Å²) in [6.07, 6.45) is 3.84. The van der Waals surface area contributed by atoms with Crippen LogP contribution in [-0.4, -0.2) is 13.5 Å². The lowest BCUT2D eigenvalue weighted by Gasteiger charge is -2.17. The second-order valence-corrected chi connectivity index (χ2v) is 3.31. The largest absolute Gasteiger partial charge is 0.502 e. The summed E-state index contributed by atoms with van der Waals surface area (Å²) in [7, 11) is -3.97. The van der Waals surface area contributed by atoms with E-state index in [9.17, 15) is 8.42 Å². The topological polar surface area (TPSA) is 65.1 Å². The molecular formula is C6H5NO5S. The fourth-order valence-corrected chi connectivity index (χ4v) is 1.61. The number of nitrogens with zero attached hydrogens (tertiary/aromatic N) is 1. The molecule has 0 fully saturated rings. The van der Waals surface area contributed by atoms with E-state index in [0.29, 0.717) is 0 Å². The van der Waals surface area contributed by atoms with Crippen LogP contribution in [0.1, 0.15) is 0 Å². The first kappa shape index (κ1) is 7.99. The molecule has 0 aromatic carbocycles. The van der Waals surface area contributed by atoms with Gasteiger partial charge in [0.15, 0.2) is 0 Å². The Kier molecular flexibility index (Phi) is 1.49. The van der Waals surface area contributed by atoms with Crippen LogP contribution >= 0.6 is 0 Å². The van der Waals surface area contributed by atoms with Gasteiger partial charge in [-0.05, 0) is 0 Å². The third kappa shape index (κ3) is 1.22. The predicted molar refractivity (Wildman–Crippen MR) is 40.4 cm³/mol. The van der Waals surface area contributed by atoms with Gasteiger partial charge in [0.1, 0.15) is 6.26 Å². The standard InChI is InChI=1S/C6H5NO5S/c1-2-7-6-5(3-4-10-7)11-13(8,9)12-6/h2-4H,1H2. The average molecular weight is 203 g/mol. The van der Waals surface area contributed by atoms with Crippen LogP contribution < -0.4 is 0 Å². The van der Waals surface area contributed by atoms with Crippen LogP contribution in [0.4, 0.5) is 0 Å². The molecule has 0 N–H and O–H groups in total. The highest BCUT2D eigenvalue weighted by Crippen LogP contribution is 2.30. The molecule has 0 spiro atoms. The van der Waals surface area contributed by atoms with Crippen molar-refractivity contribution < 1.29 is 21.6 Å². The maximum absolute atomic E-state index is 10.8. The first-order valence-electron chi connectivity index (χ1n) is 3.26. The van der Waals surface area contributed by atoms with E-state index < -0.39 is 10.4 Å². The quantitative estimate of drug-likeness (QED) is 0.612. The van der Waals surface area contributed by atoms with Gasteiger partial charge >= 0.3 is 10.4 Å². The van der Waals surface area contributed by atoms with Crippen molar-refractivity contribution in [3.05, 3.63) is 36.8 Å². The van der Waals surface area contributed by atoms with E-state index in [1.165, 1.54) is 18.5 Å². The van der Waals surface area contributed by atoms with Crippen LogP contribution in [0.3, 0.4) is 0 Å². The maximum atomic E-state index is 10.8. The van der Waals surface area contributed by atoms with E-state index in [4.69, 9.17) is 4.84 Å². The Bertz CT molecular complexity index is 407. The van der Waals surface area contributed by atoms with Gasteiger partial charge in [0.05, 0.1) is 0 Å². The van der Waals surface area contributed by atoms with Gasteiger partial charge in [0.2, 0.25) is 5.76 Å². The minimum absolute atomic E-state index is 0.0440. The van der Waals surface area contributed by atoms with E-state index in [-0.39, 0.29) is 11.6 Å². The van der Waals surface area contributed by atoms with Gasteiger partial charge in [0.25, 0.3) is 5.88 Å². The first-order valence-corrected chi connectivity index (χ1v) is 4.59. The molecular weight excluding hydrogens is 198 g/mol. The Hall–Kier alpha value is -1.63. The van der Waals surface area contributed by atoms with Gasteiger partial charge < -0.3 is 13.2 Å². The summed E-state index contributed by atoms with van der Waals surface area (Å²) in [5, 5.41) is 1.04. The second-order valence-electron chi connectivity index (χ2n) is 2.16. The Labute approximate surface area is 74.6 Å². The van der Waals surface area contributed by atoms with Crippen LogP contribution in [0.25, 0.3) is 0 Å². The number of hydrogen-bond acceptors (Lipinski definition) is 6. The number of allylic oxidation sites excluding steroid dienone is 1. The molecule has 0 unspecified atom stereocenters. The Morgan fingerprint density at radius 1 is 1.46 bits per heavy atom. The lowest BCUT2D eigenvalue weighted by molar-refractivity contribution is -0.0579. The molecule has 0 radical (unpaired) electrons. The smallest absolute Gasteiger partial charge is 0.380 e. The summed E-state index contributed by atoms with van der Waals surface area (Å²) in [5.41, 5.74) is 0. The Morgan fingerprint density at radius 3 is 2.92 bits per heavy atom. The molecule has 2 rings (SSSR count). The zero-order chi connectivity index (χ0) is 9.47. The van der Waals surface area contributed by atoms with Gasteiger partial charge in [-0.2, -0.15) is 0 Å². The second kappa shape index (κ2) is 2.43. The molecule has 0 saturated carbocycles. The molecule has 2 aliphatic rings. The number of rotatable bonds is 1. The highest BCUT2D eigenvalue weighted by atomic mass is 32.3. The molecule has 0 aliphatic carbocycles. The molecule has 2 aliphatic heterocycles. The Morgan fingerprint density at radius 2 is 2.23 bits per heavy atom. The third-order valence-electron chi connectivity index (χ3n) is 1.34. The molecule has 0 aromatic rings. The van der Waals surface area contributed by atoms with Crippen LogP contribution in [0.2, 0.25) is 0 Å². The summed E-state index contributed by atoms with van der Waals surface area (Å²) in [5.74, 6) is 0.0312. The van der Waals surface area contributed by atoms with Crippen molar-refractivity contribution in [3.8, 4) is 0 Å². The van der Waals surface area contributed by atoms with Gasteiger partial charge in [-0.15, -0.1) is 13.5 Å². The van der Waals surface area contributed by atoms with Crippen molar-refractivity contribution in [2.45, 2.75) is 0 Å². The number of hydrogen-bond donors (Lipinski definition) is 0. The molecule has 0 bridgehead atoms. The van der Waals surface area contributed by atoms with Crippen LogP contribution in [0, 0.1) is 0 Å². The molecule has 0 atom stereocenters. The van der Waals surface area contributed by atoms with E-state index in [2.05, 4.69) is 14.9 Å². The van der Waals surface area contributed by atoms with Crippen molar-refractivity contribution in [1.82, 2.24) is 5.06 Å². The monoisotopic (exact) mass is 203 g/mol. The Balaban J connectivity index is 2.39. The van der Waals surface area contributed by atoms with Crippen molar-refractivity contribution in [3.63, 3.8) is 0 Å². The zero-order valence-electron chi connectivity index (χ0n) is 6.34. The lowest BCUT2D eigenvalue weighted by atomic mass is 10.4. The molecule has 0 aromatic heterocycles. The van der Waals surface area contributed by atoms with E-state index in [0.717, 1.165) is 5.06 Å². The van der Waals surface area contributed by atoms with Crippen LogP contribution in [0.5, 0.6) is 0 Å². The molecule has 2 heterocycles. The average Bonchev–Trinajstić information content (AvgIpc) is 2.37. The summed E-state index contributed by atoms with van der Waals surface area (Å²) >= 11 is 0. The molecule has 0 amide bonds. The van der Waals surface area contributed by atoms with Gasteiger partial charge in [0, 0.05) is 12.3 Å². The minimum Gasteiger partial charge on any atom is -0.380 e. The van der Waals surface area contributed by atoms with Crippen LogP contribution in [0.15, 0.2) is 36.8 Å². The van der Waals surface area contributed by atoms with E-state index in [1.807, 2.05) is 0 Å². The fourth-order valence-electron chi connectivity index (χ4n) is 0.876. The first-order chi connectivity index (χ1) is 6.12. The third-order valence-corrected chi connectivity index (χ3v) is 2.09. The maximum Gasteiger partial charge on any atom is 0.502 e. The minimum atomic E-state index is -3.97. The molecule has 7 heteroatoms. The number of hydroxylamine groups is 2. The fraction of sp³-hybridized carbons (Fsp3) is 0.